The van der Waals surface area contributed by atoms with Gasteiger partial charge in [0.2, 0.25) is 5.91 Å². The lowest BCUT2D eigenvalue weighted by molar-refractivity contribution is -0.131. The van der Waals surface area contributed by atoms with Crippen molar-refractivity contribution in [2.24, 2.45) is 0 Å². The summed E-state index contributed by atoms with van der Waals surface area (Å²) in [6, 6.07) is 6.54. The first-order chi connectivity index (χ1) is 8.29. The highest BCUT2D eigenvalue weighted by molar-refractivity contribution is 5.78. The summed E-state index contributed by atoms with van der Waals surface area (Å²) in [5.41, 5.74) is 2.61. The molecule has 0 radical (unpaired) electrons. The summed E-state index contributed by atoms with van der Waals surface area (Å²) in [6.07, 6.45) is 3.71. The Balaban J connectivity index is 2.05. The SMILES string of the molecule is COc1ccc2c(c1)CCC(=O)N1CCCC21. The van der Waals surface area contributed by atoms with Crippen LogP contribution in [-0.2, 0) is 11.2 Å². The molecule has 0 aliphatic carbocycles. The molecule has 3 rings (SSSR count). The van der Waals surface area contributed by atoms with E-state index >= 15 is 0 Å². The van der Waals surface area contributed by atoms with E-state index < -0.39 is 0 Å². The molecule has 0 bridgehead atoms. The maximum Gasteiger partial charge on any atom is 0.223 e. The van der Waals surface area contributed by atoms with Crippen LogP contribution in [0.25, 0.3) is 0 Å². The summed E-state index contributed by atoms with van der Waals surface area (Å²) in [6.45, 7) is 0.926. The Labute approximate surface area is 101 Å². The van der Waals surface area contributed by atoms with Crippen LogP contribution >= 0.6 is 0 Å². The number of rotatable bonds is 1. The van der Waals surface area contributed by atoms with Gasteiger partial charge in [0.25, 0.3) is 0 Å². The fourth-order valence-corrected chi connectivity index (χ4v) is 3.02. The molecule has 1 unspecified atom stereocenters. The molecule has 1 fully saturated rings. The monoisotopic (exact) mass is 231 g/mol. The zero-order chi connectivity index (χ0) is 11.8. The van der Waals surface area contributed by atoms with Crippen LogP contribution in [-0.4, -0.2) is 24.5 Å². The van der Waals surface area contributed by atoms with E-state index in [0.717, 1.165) is 31.6 Å². The summed E-state index contributed by atoms with van der Waals surface area (Å²) in [5.74, 6) is 1.20. The smallest absolute Gasteiger partial charge is 0.223 e. The molecule has 90 valence electrons. The first kappa shape index (κ1) is 10.6. The van der Waals surface area contributed by atoms with E-state index in [1.165, 1.54) is 11.1 Å². The Bertz CT molecular complexity index is 456. The number of hydrogen-bond donors (Lipinski definition) is 0. The van der Waals surface area contributed by atoms with Gasteiger partial charge >= 0.3 is 0 Å². The maximum atomic E-state index is 12.0. The van der Waals surface area contributed by atoms with Crippen molar-refractivity contribution in [1.29, 1.82) is 0 Å². The Hall–Kier alpha value is -1.51. The van der Waals surface area contributed by atoms with Crippen molar-refractivity contribution in [3.63, 3.8) is 0 Å². The predicted molar refractivity (Wildman–Crippen MR) is 65.0 cm³/mol. The van der Waals surface area contributed by atoms with Gasteiger partial charge in [0.05, 0.1) is 13.2 Å². The van der Waals surface area contributed by atoms with Gasteiger partial charge in [0.15, 0.2) is 0 Å². The molecule has 1 amide bonds. The van der Waals surface area contributed by atoms with Crippen molar-refractivity contribution in [2.75, 3.05) is 13.7 Å². The second kappa shape index (κ2) is 4.06. The summed E-state index contributed by atoms with van der Waals surface area (Å²) in [7, 11) is 1.69. The molecule has 1 aromatic carbocycles. The van der Waals surface area contributed by atoms with Crippen LogP contribution in [0.15, 0.2) is 18.2 Å². The second-order valence-corrected chi connectivity index (χ2v) is 4.81. The molecule has 17 heavy (non-hydrogen) atoms. The van der Waals surface area contributed by atoms with Gasteiger partial charge in [-0.3, -0.25) is 4.79 Å². The van der Waals surface area contributed by atoms with Gasteiger partial charge in [-0.1, -0.05) is 6.07 Å². The normalized spacial score (nSPS) is 23.0. The number of amides is 1. The fourth-order valence-electron chi connectivity index (χ4n) is 3.02. The molecular weight excluding hydrogens is 214 g/mol. The van der Waals surface area contributed by atoms with Crippen LogP contribution in [0.4, 0.5) is 0 Å². The van der Waals surface area contributed by atoms with E-state index in [4.69, 9.17) is 4.74 Å². The second-order valence-electron chi connectivity index (χ2n) is 4.81. The van der Waals surface area contributed by atoms with Crippen molar-refractivity contribution < 1.29 is 9.53 Å². The van der Waals surface area contributed by atoms with E-state index in [1.54, 1.807) is 7.11 Å². The summed E-state index contributed by atoms with van der Waals surface area (Å²) >= 11 is 0. The van der Waals surface area contributed by atoms with Gasteiger partial charge in [-0.2, -0.15) is 0 Å². The third-order valence-electron chi connectivity index (χ3n) is 3.89. The number of carbonyl (C=O) groups is 1. The summed E-state index contributed by atoms with van der Waals surface area (Å²) < 4.78 is 5.26. The van der Waals surface area contributed by atoms with Gasteiger partial charge < -0.3 is 9.64 Å². The van der Waals surface area contributed by atoms with Gasteiger partial charge in [-0.05, 0) is 42.5 Å². The molecule has 1 atom stereocenters. The van der Waals surface area contributed by atoms with Crippen LogP contribution in [0.1, 0.15) is 36.4 Å². The van der Waals surface area contributed by atoms with E-state index in [0.29, 0.717) is 18.4 Å². The molecular formula is C14H17NO2. The Morgan fingerprint density at radius 3 is 3.06 bits per heavy atom. The Morgan fingerprint density at radius 1 is 1.35 bits per heavy atom. The largest absolute Gasteiger partial charge is 0.497 e. The van der Waals surface area contributed by atoms with Crippen molar-refractivity contribution in [3.05, 3.63) is 29.3 Å². The minimum Gasteiger partial charge on any atom is -0.497 e. The van der Waals surface area contributed by atoms with Crippen molar-refractivity contribution >= 4 is 5.91 Å². The van der Waals surface area contributed by atoms with Crippen LogP contribution < -0.4 is 4.74 Å². The average molecular weight is 231 g/mol. The fraction of sp³-hybridized carbons (Fsp3) is 0.500. The van der Waals surface area contributed by atoms with Crippen molar-refractivity contribution in [3.8, 4) is 5.75 Å². The number of fused-ring (bicyclic) bond motifs is 3. The number of hydrogen-bond acceptors (Lipinski definition) is 2. The minimum absolute atomic E-state index is 0.308. The number of methoxy groups -OCH3 is 1. The molecule has 0 spiro atoms. The van der Waals surface area contributed by atoms with Crippen LogP contribution in [0.5, 0.6) is 5.75 Å². The van der Waals surface area contributed by atoms with Gasteiger partial charge in [0.1, 0.15) is 5.75 Å². The number of carbonyl (C=O) groups excluding carboxylic acids is 1. The summed E-state index contributed by atoms with van der Waals surface area (Å²) in [5, 5.41) is 0. The number of ether oxygens (including phenoxy) is 1. The van der Waals surface area contributed by atoms with E-state index in [-0.39, 0.29) is 0 Å². The summed E-state index contributed by atoms with van der Waals surface area (Å²) in [4.78, 5) is 14.1. The van der Waals surface area contributed by atoms with Crippen molar-refractivity contribution in [2.45, 2.75) is 31.7 Å². The van der Waals surface area contributed by atoms with Gasteiger partial charge in [-0.25, -0.2) is 0 Å². The highest BCUT2D eigenvalue weighted by atomic mass is 16.5. The molecule has 1 saturated heterocycles. The van der Waals surface area contributed by atoms with Crippen LogP contribution in [0.3, 0.4) is 0 Å². The standard InChI is InChI=1S/C14H17NO2/c1-17-11-5-6-12-10(9-11)4-7-14(16)15-8-2-3-13(12)15/h5-6,9,13H,2-4,7-8H2,1H3. The Kier molecular flexibility index (Phi) is 2.54. The number of nitrogens with zero attached hydrogens (tertiary/aromatic N) is 1. The first-order valence-corrected chi connectivity index (χ1v) is 6.26. The molecule has 0 N–H and O–H groups in total. The van der Waals surface area contributed by atoms with Gasteiger partial charge in [-0.15, -0.1) is 0 Å². The van der Waals surface area contributed by atoms with Crippen LogP contribution in [0.2, 0.25) is 0 Å². The topological polar surface area (TPSA) is 29.5 Å². The Morgan fingerprint density at radius 2 is 2.24 bits per heavy atom. The highest BCUT2D eigenvalue weighted by Gasteiger charge is 2.33. The lowest BCUT2D eigenvalue weighted by Crippen LogP contribution is -2.28. The zero-order valence-electron chi connectivity index (χ0n) is 10.1. The first-order valence-electron chi connectivity index (χ1n) is 6.26. The predicted octanol–water partition coefficient (Wildman–Crippen LogP) is 2.30. The molecule has 2 aliphatic heterocycles. The van der Waals surface area contributed by atoms with Crippen LogP contribution in [0, 0.1) is 0 Å². The average Bonchev–Trinajstić information content (AvgIpc) is 2.80. The number of aryl methyl sites for hydroxylation is 1. The van der Waals surface area contributed by atoms with E-state index in [9.17, 15) is 4.79 Å². The third-order valence-corrected chi connectivity index (χ3v) is 3.89. The lowest BCUT2D eigenvalue weighted by Gasteiger charge is -2.23. The minimum atomic E-state index is 0.308. The molecule has 1 aromatic rings. The molecule has 2 heterocycles. The number of benzene rings is 1. The van der Waals surface area contributed by atoms with E-state index in [1.807, 2.05) is 6.07 Å². The quantitative estimate of drug-likeness (QED) is 0.742. The maximum absolute atomic E-state index is 12.0. The van der Waals surface area contributed by atoms with E-state index in [2.05, 4.69) is 17.0 Å². The van der Waals surface area contributed by atoms with Crippen molar-refractivity contribution in [1.82, 2.24) is 4.90 Å². The molecule has 2 aliphatic rings. The zero-order valence-corrected chi connectivity index (χ0v) is 10.1. The lowest BCUT2D eigenvalue weighted by atomic mass is 9.97. The molecule has 3 nitrogen and oxygen atoms in total. The molecule has 3 heteroatoms. The molecule has 0 saturated carbocycles. The van der Waals surface area contributed by atoms with Gasteiger partial charge in [0, 0.05) is 13.0 Å². The highest BCUT2D eigenvalue weighted by Crippen LogP contribution is 2.38. The third kappa shape index (κ3) is 1.70. The molecule has 0 aromatic heterocycles.